The van der Waals surface area contributed by atoms with Gasteiger partial charge in [-0.25, -0.2) is 0 Å². The molecule has 1 saturated heterocycles. The first-order chi connectivity index (χ1) is 8.42. The van der Waals surface area contributed by atoms with Crippen LogP contribution in [0.2, 0.25) is 0 Å². The molecule has 0 atom stereocenters. The zero-order valence-electron chi connectivity index (χ0n) is 10.3. The van der Waals surface area contributed by atoms with Crippen LogP contribution in [0.3, 0.4) is 0 Å². The van der Waals surface area contributed by atoms with Crippen molar-refractivity contribution in [3.05, 3.63) is 0 Å². The summed E-state index contributed by atoms with van der Waals surface area (Å²) in [6, 6.07) is 2.21. The third kappa shape index (κ3) is 3.85. The van der Waals surface area contributed by atoms with E-state index >= 15 is 0 Å². The zero-order chi connectivity index (χ0) is 13.2. The molecule has 0 radical (unpaired) electrons. The SMILES string of the molecule is N#CCC1(CN2CCN(CC(F)(F)F)CC2)CC1. The fraction of sp³-hybridized carbons (Fsp3) is 0.917. The van der Waals surface area contributed by atoms with Crippen molar-refractivity contribution in [3.63, 3.8) is 0 Å². The topological polar surface area (TPSA) is 30.3 Å². The first-order valence-electron chi connectivity index (χ1n) is 6.31. The van der Waals surface area contributed by atoms with Gasteiger partial charge in [0.25, 0.3) is 0 Å². The molecule has 3 nitrogen and oxygen atoms in total. The Morgan fingerprint density at radius 1 is 1.06 bits per heavy atom. The van der Waals surface area contributed by atoms with Crippen molar-refractivity contribution in [1.29, 1.82) is 5.26 Å². The van der Waals surface area contributed by atoms with E-state index in [2.05, 4.69) is 11.0 Å². The minimum atomic E-state index is -4.10. The maximum Gasteiger partial charge on any atom is 0.401 e. The minimum absolute atomic E-state index is 0.154. The van der Waals surface area contributed by atoms with E-state index in [9.17, 15) is 13.2 Å². The summed E-state index contributed by atoms with van der Waals surface area (Å²) in [7, 11) is 0. The van der Waals surface area contributed by atoms with Crippen LogP contribution in [0, 0.1) is 16.7 Å². The van der Waals surface area contributed by atoms with E-state index in [-0.39, 0.29) is 5.41 Å². The Morgan fingerprint density at radius 2 is 1.61 bits per heavy atom. The molecule has 1 aliphatic carbocycles. The van der Waals surface area contributed by atoms with Gasteiger partial charge in [0.2, 0.25) is 0 Å². The monoisotopic (exact) mass is 261 g/mol. The van der Waals surface area contributed by atoms with Gasteiger partial charge in [-0.05, 0) is 18.3 Å². The van der Waals surface area contributed by atoms with Crippen molar-refractivity contribution in [2.24, 2.45) is 5.41 Å². The summed E-state index contributed by atoms with van der Waals surface area (Å²) in [5, 5.41) is 8.74. The summed E-state index contributed by atoms with van der Waals surface area (Å²) in [4.78, 5) is 3.66. The van der Waals surface area contributed by atoms with Crippen LogP contribution >= 0.6 is 0 Å². The lowest BCUT2D eigenvalue weighted by atomic mass is 10.0. The van der Waals surface area contributed by atoms with Crippen molar-refractivity contribution >= 4 is 0 Å². The maximum atomic E-state index is 12.2. The summed E-state index contributed by atoms with van der Waals surface area (Å²) < 4.78 is 36.7. The molecule has 0 unspecified atom stereocenters. The normalized spacial score (nSPS) is 24.8. The molecule has 0 aromatic rings. The molecule has 1 heterocycles. The van der Waals surface area contributed by atoms with Gasteiger partial charge in [-0.15, -0.1) is 0 Å². The van der Waals surface area contributed by atoms with E-state index in [0.717, 1.165) is 19.4 Å². The molecule has 2 aliphatic rings. The highest BCUT2D eigenvalue weighted by atomic mass is 19.4. The van der Waals surface area contributed by atoms with Crippen molar-refractivity contribution in [1.82, 2.24) is 9.80 Å². The third-order valence-electron chi connectivity index (χ3n) is 3.84. The van der Waals surface area contributed by atoms with E-state index in [4.69, 9.17) is 5.26 Å². The molecule has 2 rings (SSSR count). The van der Waals surface area contributed by atoms with E-state index in [1.807, 2.05) is 0 Å². The molecule has 0 N–H and O–H groups in total. The molecule has 2 fully saturated rings. The zero-order valence-corrected chi connectivity index (χ0v) is 10.3. The number of halogens is 3. The van der Waals surface area contributed by atoms with Gasteiger partial charge < -0.3 is 4.90 Å². The van der Waals surface area contributed by atoms with Crippen LogP contribution in [0.4, 0.5) is 13.2 Å². The summed E-state index contributed by atoms with van der Waals surface area (Å²) in [6.07, 6.45) is -1.34. The second-order valence-electron chi connectivity index (χ2n) is 5.50. The Labute approximate surface area is 105 Å². The molecule has 0 bridgehead atoms. The third-order valence-corrected chi connectivity index (χ3v) is 3.84. The summed E-state index contributed by atoms with van der Waals surface area (Å²) >= 11 is 0. The Kier molecular flexibility index (Phi) is 3.83. The maximum absolute atomic E-state index is 12.2. The van der Waals surface area contributed by atoms with Crippen LogP contribution in [0.1, 0.15) is 19.3 Å². The number of rotatable bonds is 4. The van der Waals surface area contributed by atoms with E-state index in [1.54, 1.807) is 0 Å². The lowest BCUT2D eigenvalue weighted by Crippen LogP contribution is -2.50. The van der Waals surface area contributed by atoms with Crippen LogP contribution in [-0.2, 0) is 0 Å². The van der Waals surface area contributed by atoms with Crippen molar-refractivity contribution < 1.29 is 13.2 Å². The second kappa shape index (κ2) is 5.06. The highest BCUT2D eigenvalue weighted by molar-refractivity contribution is 5.01. The Balaban J connectivity index is 1.73. The van der Waals surface area contributed by atoms with Crippen LogP contribution < -0.4 is 0 Å². The highest BCUT2D eigenvalue weighted by Crippen LogP contribution is 2.49. The molecule has 0 aromatic carbocycles. The van der Waals surface area contributed by atoms with Gasteiger partial charge in [-0.2, -0.15) is 18.4 Å². The molecule has 1 aliphatic heterocycles. The van der Waals surface area contributed by atoms with Crippen LogP contribution in [0.5, 0.6) is 0 Å². The van der Waals surface area contributed by atoms with Gasteiger partial charge in [0, 0.05) is 39.1 Å². The molecule has 102 valence electrons. The van der Waals surface area contributed by atoms with Crippen LogP contribution in [-0.4, -0.2) is 55.2 Å². The van der Waals surface area contributed by atoms with Crippen molar-refractivity contribution in [2.45, 2.75) is 25.4 Å². The number of hydrogen-bond donors (Lipinski definition) is 0. The van der Waals surface area contributed by atoms with Crippen LogP contribution in [0.25, 0.3) is 0 Å². The lowest BCUT2D eigenvalue weighted by Gasteiger charge is -2.36. The summed E-state index contributed by atoms with van der Waals surface area (Å²) in [6.45, 7) is 2.39. The fourth-order valence-electron chi connectivity index (χ4n) is 2.57. The van der Waals surface area contributed by atoms with Gasteiger partial charge in [0.1, 0.15) is 0 Å². The first kappa shape index (κ1) is 13.6. The average Bonchev–Trinajstić information content (AvgIpc) is 3.00. The fourth-order valence-corrected chi connectivity index (χ4v) is 2.57. The van der Waals surface area contributed by atoms with Gasteiger partial charge in [0.05, 0.1) is 12.6 Å². The largest absolute Gasteiger partial charge is 0.401 e. The smallest absolute Gasteiger partial charge is 0.300 e. The quantitative estimate of drug-likeness (QED) is 0.774. The second-order valence-corrected chi connectivity index (χ2v) is 5.50. The van der Waals surface area contributed by atoms with Crippen molar-refractivity contribution in [2.75, 3.05) is 39.3 Å². The van der Waals surface area contributed by atoms with Gasteiger partial charge in [0.15, 0.2) is 0 Å². The molecule has 1 saturated carbocycles. The van der Waals surface area contributed by atoms with Crippen molar-refractivity contribution in [3.8, 4) is 6.07 Å². The Hall–Kier alpha value is -0.800. The summed E-state index contributed by atoms with van der Waals surface area (Å²) in [5.74, 6) is 0. The molecule has 0 spiro atoms. The van der Waals surface area contributed by atoms with E-state index in [0.29, 0.717) is 32.6 Å². The van der Waals surface area contributed by atoms with Gasteiger partial charge >= 0.3 is 6.18 Å². The number of alkyl halides is 3. The predicted octanol–water partition coefficient (Wildman–Crippen LogP) is 1.86. The van der Waals surface area contributed by atoms with E-state index in [1.165, 1.54) is 4.90 Å². The minimum Gasteiger partial charge on any atom is -0.300 e. The number of nitrogens with zero attached hydrogens (tertiary/aromatic N) is 3. The molecule has 18 heavy (non-hydrogen) atoms. The highest BCUT2D eigenvalue weighted by Gasteiger charge is 2.44. The number of piperazine rings is 1. The molecule has 0 amide bonds. The molecule has 6 heteroatoms. The standard InChI is InChI=1S/C12H18F3N3/c13-12(14,15)10-18-7-5-17(6-8-18)9-11(1-2-11)3-4-16/h1-3,5-10H2. The average molecular weight is 261 g/mol. The van der Waals surface area contributed by atoms with Gasteiger partial charge in [-0.1, -0.05) is 0 Å². The number of nitriles is 1. The first-order valence-corrected chi connectivity index (χ1v) is 6.31. The molecular formula is C12H18F3N3. The lowest BCUT2D eigenvalue weighted by molar-refractivity contribution is -0.149. The van der Waals surface area contributed by atoms with E-state index < -0.39 is 12.7 Å². The molecule has 0 aromatic heterocycles. The molecular weight excluding hydrogens is 243 g/mol. The Bertz CT molecular complexity index is 322. The van der Waals surface area contributed by atoms with Crippen LogP contribution in [0.15, 0.2) is 0 Å². The van der Waals surface area contributed by atoms with Gasteiger partial charge in [-0.3, -0.25) is 4.90 Å². The predicted molar refractivity (Wildman–Crippen MR) is 60.8 cm³/mol. The Morgan fingerprint density at radius 3 is 2.06 bits per heavy atom. The summed E-state index contributed by atoms with van der Waals surface area (Å²) in [5.41, 5.74) is 0.154. The number of hydrogen-bond acceptors (Lipinski definition) is 3.